The van der Waals surface area contributed by atoms with Gasteiger partial charge < -0.3 is 10.4 Å². The molecule has 0 atom stereocenters. The molecular formula is C15H9ClN2O3S. The molecule has 2 rings (SSSR count). The Labute approximate surface area is 135 Å². The van der Waals surface area contributed by atoms with Crippen LogP contribution in [0.4, 0.5) is 5.69 Å². The number of benzene rings is 1. The van der Waals surface area contributed by atoms with Gasteiger partial charge in [-0.1, -0.05) is 23.7 Å². The molecule has 0 fully saturated rings. The lowest BCUT2D eigenvalue weighted by Gasteiger charge is -2.07. The van der Waals surface area contributed by atoms with Crippen LogP contribution in [0, 0.1) is 11.3 Å². The third-order valence-electron chi connectivity index (χ3n) is 2.65. The maximum atomic E-state index is 12.1. The van der Waals surface area contributed by atoms with Crippen LogP contribution < -0.4 is 5.32 Å². The van der Waals surface area contributed by atoms with Gasteiger partial charge in [0.15, 0.2) is 0 Å². The lowest BCUT2D eigenvalue weighted by Crippen LogP contribution is -2.15. The summed E-state index contributed by atoms with van der Waals surface area (Å²) in [5.74, 6) is -1.84. The number of nitrogens with zero attached hydrogens (tertiary/aromatic N) is 1. The van der Waals surface area contributed by atoms with E-state index in [0.717, 1.165) is 0 Å². The second-order valence-corrected chi connectivity index (χ2v) is 5.86. The number of nitriles is 1. The van der Waals surface area contributed by atoms with E-state index in [1.165, 1.54) is 29.5 Å². The first-order valence-corrected chi connectivity index (χ1v) is 7.21. The number of hydrogen-bond acceptors (Lipinski definition) is 4. The van der Waals surface area contributed by atoms with Gasteiger partial charge in [0.2, 0.25) is 0 Å². The molecule has 7 heteroatoms. The molecule has 0 saturated heterocycles. The minimum absolute atomic E-state index is 0.0488. The molecule has 0 radical (unpaired) electrons. The molecule has 5 nitrogen and oxygen atoms in total. The molecule has 0 aliphatic heterocycles. The first kappa shape index (κ1) is 15.8. The molecule has 0 saturated carbocycles. The van der Waals surface area contributed by atoms with Crippen LogP contribution in [0.3, 0.4) is 0 Å². The molecular weight excluding hydrogens is 324 g/mol. The van der Waals surface area contributed by atoms with Crippen LogP contribution >= 0.6 is 22.9 Å². The average Bonchev–Trinajstić information content (AvgIpc) is 2.90. The maximum absolute atomic E-state index is 12.1. The first-order valence-electron chi connectivity index (χ1n) is 6.02. The summed E-state index contributed by atoms with van der Waals surface area (Å²) in [7, 11) is 0. The van der Waals surface area contributed by atoms with Gasteiger partial charge in [-0.3, -0.25) is 4.79 Å². The minimum atomic E-state index is -1.16. The quantitative estimate of drug-likeness (QED) is 0.660. The van der Waals surface area contributed by atoms with Crippen molar-refractivity contribution in [2.75, 3.05) is 5.32 Å². The second-order valence-electron chi connectivity index (χ2n) is 4.12. The predicted molar refractivity (Wildman–Crippen MR) is 85.0 cm³/mol. The van der Waals surface area contributed by atoms with E-state index in [1.54, 1.807) is 30.3 Å². The fourth-order valence-electron chi connectivity index (χ4n) is 1.66. The van der Waals surface area contributed by atoms with Gasteiger partial charge in [-0.25, -0.2) is 4.79 Å². The number of halogens is 1. The van der Waals surface area contributed by atoms with Gasteiger partial charge in [-0.2, -0.15) is 5.26 Å². The summed E-state index contributed by atoms with van der Waals surface area (Å²) in [6.07, 6.45) is 1.40. The molecule has 0 aliphatic rings. The minimum Gasteiger partial charge on any atom is -0.478 e. The van der Waals surface area contributed by atoms with Gasteiger partial charge in [-0.05, 0) is 30.3 Å². The third kappa shape index (κ3) is 3.73. The summed E-state index contributed by atoms with van der Waals surface area (Å²) in [5.41, 5.74) is -0.0589. The molecule has 1 aromatic heterocycles. The fourth-order valence-corrected chi connectivity index (χ4v) is 2.67. The standard InChI is InChI=1S/C15H9ClN2O3S/c16-13-6-5-10(22-13)7-9(8-17)14(19)18-12-4-2-1-3-11(12)15(20)21/h1-7H,(H,18,19)(H,20,21)/b9-7+. The van der Waals surface area contributed by atoms with Crippen LogP contribution in [0.15, 0.2) is 42.0 Å². The van der Waals surface area contributed by atoms with Crippen LogP contribution in [-0.2, 0) is 4.79 Å². The number of rotatable bonds is 4. The van der Waals surface area contributed by atoms with E-state index in [9.17, 15) is 9.59 Å². The molecule has 110 valence electrons. The number of carboxylic acid groups (broad SMARTS) is 1. The number of thiophene rings is 1. The van der Waals surface area contributed by atoms with Crippen molar-refractivity contribution in [1.29, 1.82) is 5.26 Å². The molecule has 2 N–H and O–H groups in total. The Morgan fingerprint density at radius 3 is 2.59 bits per heavy atom. The molecule has 0 unspecified atom stereocenters. The number of aromatic carboxylic acids is 1. The Morgan fingerprint density at radius 2 is 2.00 bits per heavy atom. The predicted octanol–water partition coefficient (Wildman–Crippen LogP) is 3.65. The van der Waals surface area contributed by atoms with Gasteiger partial charge in [0.05, 0.1) is 15.6 Å². The summed E-state index contributed by atoms with van der Waals surface area (Å²) in [6, 6.07) is 11.1. The average molecular weight is 333 g/mol. The maximum Gasteiger partial charge on any atom is 0.337 e. The van der Waals surface area contributed by atoms with Gasteiger partial charge in [0, 0.05) is 4.88 Å². The lowest BCUT2D eigenvalue weighted by atomic mass is 10.1. The highest BCUT2D eigenvalue weighted by Gasteiger charge is 2.15. The smallest absolute Gasteiger partial charge is 0.337 e. The van der Waals surface area contributed by atoms with Crippen LogP contribution in [0.2, 0.25) is 4.34 Å². The van der Waals surface area contributed by atoms with E-state index in [1.807, 2.05) is 0 Å². The van der Waals surface area contributed by atoms with E-state index < -0.39 is 11.9 Å². The topological polar surface area (TPSA) is 90.2 Å². The summed E-state index contributed by atoms with van der Waals surface area (Å²) in [5, 5.41) is 20.6. The monoisotopic (exact) mass is 332 g/mol. The van der Waals surface area contributed by atoms with Crippen LogP contribution in [0.1, 0.15) is 15.2 Å². The number of carbonyl (C=O) groups excluding carboxylic acids is 1. The Kier molecular flexibility index (Phi) is 4.94. The normalized spacial score (nSPS) is 10.8. The zero-order valence-corrected chi connectivity index (χ0v) is 12.6. The van der Waals surface area contributed by atoms with Gasteiger partial charge in [-0.15, -0.1) is 11.3 Å². The molecule has 1 heterocycles. The highest BCUT2D eigenvalue weighted by Crippen LogP contribution is 2.24. The van der Waals surface area contributed by atoms with E-state index in [-0.39, 0.29) is 16.8 Å². The van der Waals surface area contributed by atoms with Crippen molar-refractivity contribution in [3.05, 3.63) is 56.7 Å². The summed E-state index contributed by atoms with van der Waals surface area (Å²) >= 11 is 7.02. The van der Waals surface area contributed by atoms with Crippen molar-refractivity contribution in [2.24, 2.45) is 0 Å². The largest absolute Gasteiger partial charge is 0.478 e. The van der Waals surface area contributed by atoms with Crippen molar-refractivity contribution in [3.63, 3.8) is 0 Å². The van der Waals surface area contributed by atoms with Crippen LogP contribution in [-0.4, -0.2) is 17.0 Å². The Bertz CT molecular complexity index is 805. The van der Waals surface area contributed by atoms with Crippen molar-refractivity contribution in [3.8, 4) is 6.07 Å². The van der Waals surface area contributed by atoms with E-state index in [4.69, 9.17) is 22.0 Å². The number of nitrogens with one attached hydrogen (secondary N) is 1. The van der Waals surface area contributed by atoms with E-state index in [0.29, 0.717) is 9.21 Å². The van der Waals surface area contributed by atoms with E-state index in [2.05, 4.69) is 5.32 Å². The van der Waals surface area contributed by atoms with Gasteiger partial charge >= 0.3 is 5.97 Å². The highest BCUT2D eigenvalue weighted by molar-refractivity contribution is 7.17. The number of carboxylic acids is 1. The lowest BCUT2D eigenvalue weighted by molar-refractivity contribution is -0.112. The van der Waals surface area contributed by atoms with Gasteiger partial charge in [0.25, 0.3) is 5.91 Å². The number of hydrogen-bond donors (Lipinski definition) is 2. The number of para-hydroxylation sites is 1. The molecule has 1 aromatic carbocycles. The Hall–Kier alpha value is -2.62. The Morgan fingerprint density at radius 1 is 1.27 bits per heavy atom. The third-order valence-corrected chi connectivity index (χ3v) is 3.83. The second kappa shape index (κ2) is 6.89. The summed E-state index contributed by atoms with van der Waals surface area (Å²) < 4.78 is 0.542. The van der Waals surface area contributed by atoms with Crippen molar-refractivity contribution < 1.29 is 14.7 Å². The van der Waals surface area contributed by atoms with E-state index >= 15 is 0 Å². The van der Waals surface area contributed by atoms with Crippen molar-refractivity contribution in [2.45, 2.75) is 0 Å². The van der Waals surface area contributed by atoms with Crippen molar-refractivity contribution in [1.82, 2.24) is 0 Å². The molecule has 1 amide bonds. The molecule has 0 spiro atoms. The summed E-state index contributed by atoms with van der Waals surface area (Å²) in [4.78, 5) is 23.9. The zero-order valence-electron chi connectivity index (χ0n) is 11.0. The molecule has 0 aliphatic carbocycles. The fraction of sp³-hybridized carbons (Fsp3) is 0. The number of carbonyl (C=O) groups is 2. The van der Waals surface area contributed by atoms with Crippen molar-refractivity contribution >= 4 is 46.6 Å². The molecule has 2 aromatic rings. The van der Waals surface area contributed by atoms with Gasteiger partial charge in [0.1, 0.15) is 11.6 Å². The molecule has 0 bridgehead atoms. The highest BCUT2D eigenvalue weighted by atomic mass is 35.5. The SMILES string of the molecule is N#C/C(=C\c1ccc(Cl)s1)C(=O)Nc1ccccc1C(=O)O. The van der Waals surface area contributed by atoms with Crippen LogP contribution in [0.25, 0.3) is 6.08 Å². The van der Waals surface area contributed by atoms with Crippen LogP contribution in [0.5, 0.6) is 0 Å². The number of anilines is 1. The molecule has 22 heavy (non-hydrogen) atoms. The first-order chi connectivity index (χ1) is 10.5. The summed E-state index contributed by atoms with van der Waals surface area (Å²) in [6.45, 7) is 0. The number of amides is 1. The Balaban J connectivity index is 2.26. The zero-order chi connectivity index (χ0) is 16.1.